The molecule has 1 fully saturated rings. The molecule has 1 aliphatic carbocycles. The van der Waals surface area contributed by atoms with E-state index in [1.807, 2.05) is 20.8 Å². The fraction of sp³-hybridized carbons (Fsp3) is 0.611. The summed E-state index contributed by atoms with van der Waals surface area (Å²) in [4.78, 5) is 12.2. The fourth-order valence-corrected chi connectivity index (χ4v) is 3.06. The van der Waals surface area contributed by atoms with Crippen molar-refractivity contribution in [3.8, 4) is 0 Å². The molecule has 0 aliphatic heterocycles. The molecule has 6 heteroatoms. The van der Waals surface area contributed by atoms with Crippen LogP contribution >= 0.6 is 11.6 Å². The SMILES string of the molecule is CC(C)(C)C(O)CN[C@H]1CC[C@H](NC(=O)c2cc(F)cc(Cl)c2)C1. The summed E-state index contributed by atoms with van der Waals surface area (Å²) in [5.74, 6) is -0.827. The Morgan fingerprint density at radius 1 is 1.33 bits per heavy atom. The van der Waals surface area contributed by atoms with Crippen LogP contribution in [-0.4, -0.2) is 35.7 Å². The molecular formula is C18H26ClFN2O2. The van der Waals surface area contributed by atoms with E-state index in [1.165, 1.54) is 18.2 Å². The molecule has 1 aromatic rings. The van der Waals surface area contributed by atoms with Crippen LogP contribution in [0.2, 0.25) is 5.02 Å². The molecule has 0 spiro atoms. The van der Waals surface area contributed by atoms with E-state index in [4.69, 9.17) is 11.6 Å². The molecule has 0 bridgehead atoms. The van der Waals surface area contributed by atoms with Gasteiger partial charge in [0.15, 0.2) is 0 Å². The Bertz CT molecular complexity index is 569. The van der Waals surface area contributed by atoms with Gasteiger partial charge in [0.25, 0.3) is 5.91 Å². The predicted octanol–water partition coefficient (Wildman–Crippen LogP) is 3.13. The zero-order chi connectivity index (χ0) is 17.9. The molecule has 3 N–H and O–H groups in total. The molecule has 4 nitrogen and oxygen atoms in total. The van der Waals surface area contributed by atoms with Gasteiger partial charge in [-0.15, -0.1) is 0 Å². The van der Waals surface area contributed by atoms with Gasteiger partial charge in [0.1, 0.15) is 5.82 Å². The van der Waals surface area contributed by atoms with Crippen molar-refractivity contribution < 1.29 is 14.3 Å². The number of halogens is 2. The lowest BCUT2D eigenvalue weighted by atomic mass is 9.89. The van der Waals surface area contributed by atoms with Crippen molar-refractivity contribution >= 4 is 17.5 Å². The number of aliphatic hydroxyl groups excluding tert-OH is 1. The number of hydrogen-bond acceptors (Lipinski definition) is 3. The Hall–Kier alpha value is -1.17. The molecule has 2 rings (SSSR count). The topological polar surface area (TPSA) is 61.4 Å². The quantitative estimate of drug-likeness (QED) is 0.759. The maximum Gasteiger partial charge on any atom is 0.251 e. The largest absolute Gasteiger partial charge is 0.391 e. The molecule has 1 saturated carbocycles. The number of hydrogen-bond donors (Lipinski definition) is 3. The summed E-state index contributed by atoms with van der Waals surface area (Å²) < 4.78 is 13.3. The molecule has 0 heterocycles. The van der Waals surface area contributed by atoms with Gasteiger partial charge in [-0.25, -0.2) is 4.39 Å². The molecule has 1 amide bonds. The number of nitrogens with one attached hydrogen (secondary N) is 2. The van der Waals surface area contributed by atoms with Crippen molar-refractivity contribution in [3.05, 3.63) is 34.6 Å². The maximum absolute atomic E-state index is 13.3. The van der Waals surface area contributed by atoms with Crippen LogP contribution in [0.15, 0.2) is 18.2 Å². The summed E-state index contributed by atoms with van der Waals surface area (Å²) >= 11 is 5.79. The summed E-state index contributed by atoms with van der Waals surface area (Å²) in [6.45, 7) is 6.54. The highest BCUT2D eigenvalue weighted by molar-refractivity contribution is 6.31. The van der Waals surface area contributed by atoms with Crippen LogP contribution in [0.3, 0.4) is 0 Å². The van der Waals surface area contributed by atoms with E-state index in [0.29, 0.717) is 6.54 Å². The van der Waals surface area contributed by atoms with Gasteiger partial charge < -0.3 is 15.7 Å². The number of carbonyl (C=O) groups excluding carboxylic acids is 1. The van der Waals surface area contributed by atoms with Crippen molar-refractivity contribution in [1.29, 1.82) is 0 Å². The van der Waals surface area contributed by atoms with Crippen LogP contribution in [0.1, 0.15) is 50.4 Å². The number of carbonyl (C=O) groups is 1. The van der Waals surface area contributed by atoms with Gasteiger partial charge in [-0.1, -0.05) is 32.4 Å². The molecule has 0 radical (unpaired) electrons. The van der Waals surface area contributed by atoms with Crippen LogP contribution in [0.5, 0.6) is 0 Å². The minimum atomic E-state index is -0.519. The normalized spacial score (nSPS) is 22.4. The summed E-state index contributed by atoms with van der Waals surface area (Å²) in [5.41, 5.74) is 0.0788. The van der Waals surface area contributed by atoms with Gasteiger partial charge in [0.05, 0.1) is 6.10 Å². The summed E-state index contributed by atoms with van der Waals surface area (Å²) in [7, 11) is 0. The first-order valence-electron chi connectivity index (χ1n) is 8.33. The molecule has 1 aliphatic rings. The lowest BCUT2D eigenvalue weighted by Gasteiger charge is -2.27. The molecule has 1 aromatic carbocycles. The van der Waals surface area contributed by atoms with E-state index in [-0.39, 0.29) is 34.0 Å². The minimum Gasteiger partial charge on any atom is -0.391 e. The van der Waals surface area contributed by atoms with Gasteiger partial charge in [-0.3, -0.25) is 4.79 Å². The van der Waals surface area contributed by atoms with Crippen LogP contribution in [0.25, 0.3) is 0 Å². The third-order valence-corrected chi connectivity index (χ3v) is 4.71. The van der Waals surface area contributed by atoms with E-state index >= 15 is 0 Å². The van der Waals surface area contributed by atoms with Crippen molar-refractivity contribution in [2.75, 3.05) is 6.54 Å². The number of aliphatic hydroxyl groups is 1. The van der Waals surface area contributed by atoms with Crippen molar-refractivity contribution in [1.82, 2.24) is 10.6 Å². The number of amides is 1. The molecule has 134 valence electrons. The predicted molar refractivity (Wildman–Crippen MR) is 93.8 cm³/mol. The van der Waals surface area contributed by atoms with Crippen LogP contribution < -0.4 is 10.6 Å². The van der Waals surface area contributed by atoms with Gasteiger partial charge >= 0.3 is 0 Å². The zero-order valence-electron chi connectivity index (χ0n) is 14.4. The lowest BCUT2D eigenvalue weighted by Crippen LogP contribution is -2.41. The first-order valence-corrected chi connectivity index (χ1v) is 8.71. The van der Waals surface area contributed by atoms with Crippen molar-refractivity contribution in [3.63, 3.8) is 0 Å². The van der Waals surface area contributed by atoms with Crippen molar-refractivity contribution in [2.45, 2.75) is 58.2 Å². The smallest absolute Gasteiger partial charge is 0.251 e. The Labute approximate surface area is 147 Å². The monoisotopic (exact) mass is 356 g/mol. The standard InChI is InChI=1S/C18H26ClFN2O2/c1-18(2,3)16(23)10-21-14-4-5-15(9-14)22-17(24)11-6-12(19)8-13(20)7-11/h6-8,14-16,21,23H,4-5,9-10H2,1-3H3,(H,22,24)/t14-,15-,16?/m0/s1. The Morgan fingerprint density at radius 2 is 2.00 bits per heavy atom. The highest BCUT2D eigenvalue weighted by atomic mass is 35.5. The van der Waals surface area contributed by atoms with Crippen LogP contribution in [-0.2, 0) is 0 Å². The number of benzene rings is 1. The van der Waals surface area contributed by atoms with E-state index in [9.17, 15) is 14.3 Å². The Balaban J connectivity index is 1.82. The third kappa shape index (κ3) is 5.43. The molecule has 1 unspecified atom stereocenters. The van der Waals surface area contributed by atoms with E-state index in [0.717, 1.165) is 19.3 Å². The van der Waals surface area contributed by atoms with Crippen LogP contribution in [0.4, 0.5) is 4.39 Å². The second-order valence-electron chi connectivity index (χ2n) is 7.63. The minimum absolute atomic E-state index is 0.0452. The summed E-state index contributed by atoms with van der Waals surface area (Å²) in [6.07, 6.45) is 2.18. The first-order chi connectivity index (χ1) is 11.1. The molecule has 0 saturated heterocycles. The van der Waals surface area contributed by atoms with Crippen molar-refractivity contribution in [2.24, 2.45) is 5.41 Å². The molecule has 3 atom stereocenters. The lowest BCUT2D eigenvalue weighted by molar-refractivity contribution is 0.0605. The highest BCUT2D eigenvalue weighted by Gasteiger charge is 2.28. The number of rotatable bonds is 5. The Kier molecular flexibility index (Phi) is 6.23. The fourth-order valence-electron chi connectivity index (χ4n) is 2.84. The average Bonchev–Trinajstić information content (AvgIpc) is 2.90. The third-order valence-electron chi connectivity index (χ3n) is 4.49. The van der Waals surface area contributed by atoms with Gasteiger partial charge in [0.2, 0.25) is 0 Å². The first kappa shape index (κ1) is 19.2. The van der Waals surface area contributed by atoms with E-state index in [1.54, 1.807) is 0 Å². The maximum atomic E-state index is 13.3. The van der Waals surface area contributed by atoms with Gasteiger partial charge in [-0.05, 0) is 42.9 Å². The van der Waals surface area contributed by atoms with Gasteiger partial charge in [-0.2, -0.15) is 0 Å². The molecular weight excluding hydrogens is 331 g/mol. The molecule has 0 aromatic heterocycles. The summed E-state index contributed by atoms with van der Waals surface area (Å²) in [6, 6.07) is 4.14. The van der Waals surface area contributed by atoms with E-state index < -0.39 is 11.9 Å². The highest BCUT2D eigenvalue weighted by Crippen LogP contribution is 2.22. The average molecular weight is 357 g/mol. The Morgan fingerprint density at radius 3 is 2.62 bits per heavy atom. The molecule has 24 heavy (non-hydrogen) atoms. The van der Waals surface area contributed by atoms with E-state index in [2.05, 4.69) is 10.6 Å². The zero-order valence-corrected chi connectivity index (χ0v) is 15.2. The van der Waals surface area contributed by atoms with Gasteiger partial charge in [0, 0.05) is 29.2 Å². The van der Waals surface area contributed by atoms with Crippen LogP contribution in [0, 0.1) is 11.2 Å². The second-order valence-corrected chi connectivity index (χ2v) is 8.06. The summed E-state index contributed by atoms with van der Waals surface area (Å²) in [5, 5.41) is 16.6. The second kappa shape index (κ2) is 7.81.